The van der Waals surface area contributed by atoms with E-state index in [2.05, 4.69) is 5.32 Å². The predicted molar refractivity (Wildman–Crippen MR) is 74.0 cm³/mol. The second-order valence-electron chi connectivity index (χ2n) is 3.59. The number of rotatable bonds is 6. The molecule has 0 spiro atoms. The fraction of sp³-hybridized carbons (Fsp3) is 0.385. The van der Waals surface area contributed by atoms with Crippen LogP contribution in [0.2, 0.25) is 0 Å². The Hall–Kier alpha value is -1.82. The van der Waals surface area contributed by atoms with E-state index < -0.39 is 11.9 Å². The molecule has 0 radical (unpaired) electrons. The maximum Gasteiger partial charge on any atom is 0.347 e. The maximum atomic E-state index is 11.7. The van der Waals surface area contributed by atoms with E-state index in [-0.39, 0.29) is 18.8 Å². The Bertz CT molecular complexity index is 459. The molecule has 0 saturated heterocycles. The van der Waals surface area contributed by atoms with Crippen molar-refractivity contribution in [3.05, 3.63) is 28.1 Å². The molecule has 1 rings (SSSR count). The zero-order valence-electron chi connectivity index (χ0n) is 11.2. The lowest BCUT2D eigenvalue weighted by Gasteiger charge is -2.06. The summed E-state index contributed by atoms with van der Waals surface area (Å²) in [6, 6.07) is 1.91. The number of carbonyl (C=O) groups is 2. The van der Waals surface area contributed by atoms with Crippen LogP contribution >= 0.6 is 11.3 Å². The number of nitrogens with one attached hydrogen (secondary N) is 1. The molecular formula is C13H17NO4S. The smallest absolute Gasteiger partial charge is 0.347 e. The van der Waals surface area contributed by atoms with Crippen LogP contribution in [-0.4, -0.2) is 25.2 Å². The van der Waals surface area contributed by atoms with Gasteiger partial charge in [0.05, 0.1) is 13.2 Å². The van der Waals surface area contributed by atoms with Crippen molar-refractivity contribution in [2.75, 3.05) is 18.5 Å². The minimum Gasteiger partial charge on any atom is -0.462 e. The Morgan fingerprint density at radius 2 is 1.84 bits per heavy atom. The minimum absolute atomic E-state index is 0.146. The fourth-order valence-electron chi connectivity index (χ4n) is 1.29. The molecule has 0 bridgehead atoms. The monoisotopic (exact) mass is 283 g/mol. The third-order valence-corrected chi connectivity index (χ3v) is 2.97. The molecule has 0 saturated carbocycles. The van der Waals surface area contributed by atoms with Crippen molar-refractivity contribution < 1.29 is 19.1 Å². The van der Waals surface area contributed by atoms with E-state index in [1.54, 1.807) is 25.2 Å². The van der Waals surface area contributed by atoms with Gasteiger partial charge in [-0.3, -0.25) is 0 Å². The van der Waals surface area contributed by atoms with Gasteiger partial charge < -0.3 is 14.8 Å². The first kappa shape index (κ1) is 15.2. The van der Waals surface area contributed by atoms with E-state index in [4.69, 9.17) is 9.47 Å². The molecule has 0 unspecified atom stereocenters. The molecule has 0 aliphatic rings. The molecule has 1 aromatic rings. The van der Waals surface area contributed by atoms with Gasteiger partial charge in [0.15, 0.2) is 5.57 Å². The molecule has 19 heavy (non-hydrogen) atoms. The number of esters is 2. The van der Waals surface area contributed by atoms with Crippen LogP contribution < -0.4 is 5.32 Å². The molecule has 0 fully saturated rings. The maximum absolute atomic E-state index is 11.7. The van der Waals surface area contributed by atoms with Crippen LogP contribution in [0.4, 0.5) is 5.69 Å². The lowest BCUT2D eigenvalue weighted by molar-refractivity contribution is -0.146. The first-order valence-electron chi connectivity index (χ1n) is 5.94. The Balaban J connectivity index is 2.82. The zero-order valence-corrected chi connectivity index (χ0v) is 12.0. The topological polar surface area (TPSA) is 64.6 Å². The molecule has 1 heterocycles. The number of hydrogen-bond donors (Lipinski definition) is 1. The molecule has 0 atom stereocenters. The van der Waals surface area contributed by atoms with Crippen molar-refractivity contribution in [3.63, 3.8) is 0 Å². The summed E-state index contributed by atoms with van der Waals surface area (Å²) >= 11 is 1.57. The van der Waals surface area contributed by atoms with Crippen LogP contribution in [0.25, 0.3) is 0 Å². The molecule has 1 N–H and O–H groups in total. The van der Waals surface area contributed by atoms with Crippen molar-refractivity contribution in [1.82, 2.24) is 0 Å². The van der Waals surface area contributed by atoms with Crippen molar-refractivity contribution >= 4 is 29.0 Å². The Labute approximate surface area is 116 Å². The summed E-state index contributed by atoms with van der Waals surface area (Å²) in [6.45, 7) is 5.73. The lowest BCUT2D eigenvalue weighted by atomic mass is 10.3. The lowest BCUT2D eigenvalue weighted by Crippen LogP contribution is -2.19. The highest BCUT2D eigenvalue weighted by Crippen LogP contribution is 2.18. The average Bonchev–Trinajstić information content (AvgIpc) is 2.76. The summed E-state index contributed by atoms with van der Waals surface area (Å²) in [6.07, 6.45) is 1.32. The Morgan fingerprint density at radius 3 is 2.26 bits per heavy atom. The van der Waals surface area contributed by atoms with Crippen LogP contribution in [0.15, 0.2) is 23.2 Å². The largest absolute Gasteiger partial charge is 0.462 e. The summed E-state index contributed by atoms with van der Waals surface area (Å²) in [5, 5.41) is 4.78. The summed E-state index contributed by atoms with van der Waals surface area (Å²) in [7, 11) is 0. The third-order valence-electron chi connectivity index (χ3n) is 2.10. The molecular weight excluding hydrogens is 266 g/mol. The number of aryl methyl sites for hydroxylation is 1. The van der Waals surface area contributed by atoms with Crippen molar-refractivity contribution in [2.24, 2.45) is 0 Å². The highest BCUT2D eigenvalue weighted by molar-refractivity contribution is 7.10. The number of ether oxygens (including phenoxy) is 2. The zero-order chi connectivity index (χ0) is 14.3. The van der Waals surface area contributed by atoms with Gasteiger partial charge in [-0.2, -0.15) is 0 Å². The normalized spacial score (nSPS) is 9.63. The predicted octanol–water partition coefficient (Wildman–Crippen LogP) is 2.48. The second-order valence-corrected chi connectivity index (χ2v) is 4.70. The first-order chi connectivity index (χ1) is 9.08. The van der Waals surface area contributed by atoms with Crippen molar-refractivity contribution in [3.8, 4) is 0 Å². The average molecular weight is 283 g/mol. The summed E-state index contributed by atoms with van der Waals surface area (Å²) in [5.41, 5.74) is 0.668. The van der Waals surface area contributed by atoms with Crippen LogP contribution in [0.3, 0.4) is 0 Å². The first-order valence-corrected chi connectivity index (χ1v) is 6.82. The van der Waals surface area contributed by atoms with E-state index in [0.717, 1.165) is 10.6 Å². The van der Waals surface area contributed by atoms with E-state index in [9.17, 15) is 9.59 Å². The third kappa shape index (κ3) is 4.75. The van der Waals surface area contributed by atoms with E-state index >= 15 is 0 Å². The van der Waals surface area contributed by atoms with Gasteiger partial charge >= 0.3 is 11.9 Å². The van der Waals surface area contributed by atoms with E-state index in [1.807, 2.05) is 18.4 Å². The molecule has 5 nitrogen and oxygen atoms in total. The summed E-state index contributed by atoms with van der Waals surface area (Å²) in [5.74, 6) is -1.39. The SMILES string of the molecule is CCOC(=O)C(=CNc1csc(C)c1)C(=O)OCC. The van der Waals surface area contributed by atoms with Gasteiger partial charge in [0.25, 0.3) is 0 Å². The highest BCUT2D eigenvalue weighted by atomic mass is 32.1. The van der Waals surface area contributed by atoms with Crippen LogP contribution in [0.5, 0.6) is 0 Å². The molecule has 104 valence electrons. The Kier molecular flexibility index (Phi) is 6.08. The van der Waals surface area contributed by atoms with E-state index in [1.165, 1.54) is 6.20 Å². The molecule has 0 aliphatic carbocycles. The molecule has 0 amide bonds. The quantitative estimate of drug-likeness (QED) is 0.376. The van der Waals surface area contributed by atoms with Gasteiger partial charge in [0.1, 0.15) is 0 Å². The molecule has 0 aliphatic heterocycles. The minimum atomic E-state index is -0.694. The van der Waals surface area contributed by atoms with Crippen molar-refractivity contribution in [1.29, 1.82) is 0 Å². The van der Waals surface area contributed by atoms with Gasteiger partial charge in [-0.05, 0) is 26.8 Å². The van der Waals surface area contributed by atoms with Crippen LogP contribution in [0.1, 0.15) is 18.7 Å². The van der Waals surface area contributed by atoms with Crippen LogP contribution in [0, 0.1) is 6.92 Å². The standard InChI is InChI=1S/C13H17NO4S/c1-4-17-12(15)11(13(16)18-5-2)7-14-10-6-9(3)19-8-10/h6-8,14H,4-5H2,1-3H3. The molecule has 6 heteroatoms. The van der Waals surface area contributed by atoms with Crippen molar-refractivity contribution in [2.45, 2.75) is 20.8 Å². The number of hydrogen-bond acceptors (Lipinski definition) is 6. The summed E-state index contributed by atoms with van der Waals surface area (Å²) in [4.78, 5) is 24.4. The second kappa shape index (κ2) is 7.58. The van der Waals surface area contributed by atoms with E-state index in [0.29, 0.717) is 0 Å². The van der Waals surface area contributed by atoms with Gasteiger partial charge in [0.2, 0.25) is 0 Å². The van der Waals surface area contributed by atoms with Gasteiger partial charge in [-0.1, -0.05) is 0 Å². The van der Waals surface area contributed by atoms with Gasteiger partial charge in [0, 0.05) is 22.1 Å². The molecule has 0 aromatic carbocycles. The summed E-state index contributed by atoms with van der Waals surface area (Å²) < 4.78 is 9.64. The Morgan fingerprint density at radius 1 is 1.26 bits per heavy atom. The number of carbonyl (C=O) groups excluding carboxylic acids is 2. The number of anilines is 1. The number of thiophene rings is 1. The highest BCUT2D eigenvalue weighted by Gasteiger charge is 2.20. The molecule has 1 aromatic heterocycles. The fourth-order valence-corrected chi connectivity index (χ4v) is 1.94. The van der Waals surface area contributed by atoms with Crippen LogP contribution in [-0.2, 0) is 19.1 Å². The van der Waals surface area contributed by atoms with Gasteiger partial charge in [-0.25, -0.2) is 9.59 Å². The van der Waals surface area contributed by atoms with Gasteiger partial charge in [-0.15, -0.1) is 11.3 Å².